The zero-order chi connectivity index (χ0) is 32.2. The van der Waals surface area contributed by atoms with Crippen LogP contribution in [0.1, 0.15) is 20.3 Å². The first-order chi connectivity index (χ1) is 23.8. The van der Waals surface area contributed by atoms with E-state index in [2.05, 4.69) is 162 Å². The van der Waals surface area contributed by atoms with Crippen LogP contribution in [0.4, 0.5) is 0 Å². The van der Waals surface area contributed by atoms with Gasteiger partial charge in [0.2, 0.25) is 0 Å². The summed E-state index contributed by atoms with van der Waals surface area (Å²) in [6.07, 6.45) is 8.36. The first-order valence-electron chi connectivity index (χ1n) is 17.2. The third-order valence-electron chi connectivity index (χ3n) is 10.0. The van der Waals surface area contributed by atoms with E-state index >= 15 is 0 Å². The summed E-state index contributed by atoms with van der Waals surface area (Å²) in [6.45, 7) is 4.00. The summed E-state index contributed by atoms with van der Waals surface area (Å²) in [6, 6.07) is 50.8. The molecule has 0 radical (unpaired) electrons. The van der Waals surface area contributed by atoms with Gasteiger partial charge in [0.05, 0.1) is 11.0 Å². The van der Waals surface area contributed by atoms with Crippen molar-refractivity contribution in [2.75, 3.05) is 0 Å². The van der Waals surface area contributed by atoms with Gasteiger partial charge in [-0.1, -0.05) is 147 Å². The Hall–Kier alpha value is -5.73. The molecule has 0 N–H and O–H groups in total. The summed E-state index contributed by atoms with van der Waals surface area (Å²) < 4.78 is 2.35. The van der Waals surface area contributed by atoms with Crippen molar-refractivity contribution in [2.45, 2.75) is 20.3 Å². The molecule has 2 unspecified atom stereocenters. The third kappa shape index (κ3) is 4.59. The Morgan fingerprint density at radius 1 is 0.542 bits per heavy atom. The highest BCUT2D eigenvalue weighted by Crippen LogP contribution is 2.47. The molecule has 1 heterocycles. The molecule has 10 rings (SSSR count). The summed E-state index contributed by atoms with van der Waals surface area (Å²) in [5.41, 5.74) is 9.54. The average molecular weight is 617 g/mol. The Bertz CT molecular complexity index is 2510. The van der Waals surface area contributed by atoms with Gasteiger partial charge in [-0.15, -0.1) is 0 Å². The van der Waals surface area contributed by atoms with E-state index in [1.54, 1.807) is 0 Å². The molecular weight excluding hydrogens is 581 g/mol. The molecule has 230 valence electrons. The molecule has 2 atom stereocenters. The van der Waals surface area contributed by atoms with Crippen LogP contribution in [0, 0.1) is 11.8 Å². The number of aromatic nitrogens is 2. The van der Waals surface area contributed by atoms with Crippen LogP contribution in [0.25, 0.3) is 82.7 Å². The van der Waals surface area contributed by atoms with Crippen molar-refractivity contribution in [3.05, 3.63) is 158 Å². The average Bonchev–Trinajstić information content (AvgIpc) is 3.84. The maximum absolute atomic E-state index is 5.15. The van der Waals surface area contributed by atoms with E-state index in [0.717, 1.165) is 28.3 Å². The lowest BCUT2D eigenvalue weighted by molar-refractivity contribution is 0.963. The predicted octanol–water partition coefficient (Wildman–Crippen LogP) is 12.6. The molecule has 0 amide bonds. The number of hydrogen-bond acceptors (Lipinski definition) is 1. The summed E-state index contributed by atoms with van der Waals surface area (Å²) in [7, 11) is 0. The van der Waals surface area contributed by atoms with Gasteiger partial charge in [-0.25, -0.2) is 4.98 Å². The van der Waals surface area contributed by atoms with Gasteiger partial charge in [-0.05, 0) is 97.1 Å². The van der Waals surface area contributed by atoms with Gasteiger partial charge >= 0.3 is 0 Å². The summed E-state index contributed by atoms with van der Waals surface area (Å²) in [5.74, 6) is 2.37. The van der Waals surface area contributed by atoms with Gasteiger partial charge in [-0.2, -0.15) is 0 Å². The summed E-state index contributed by atoms with van der Waals surface area (Å²) in [5, 5.41) is 7.59. The highest BCUT2D eigenvalue weighted by molar-refractivity contribution is 6.21. The molecular formula is C46H36N2. The van der Waals surface area contributed by atoms with Crippen LogP contribution in [0.15, 0.2) is 158 Å². The highest BCUT2D eigenvalue weighted by Gasteiger charge is 2.35. The molecule has 8 aromatic rings. The Labute approximate surface area is 281 Å². The quantitative estimate of drug-likeness (QED) is 0.180. The van der Waals surface area contributed by atoms with Crippen LogP contribution in [0.2, 0.25) is 0 Å². The van der Waals surface area contributed by atoms with E-state index in [-0.39, 0.29) is 0 Å². The molecule has 48 heavy (non-hydrogen) atoms. The fourth-order valence-electron chi connectivity index (χ4n) is 7.66. The van der Waals surface area contributed by atoms with Crippen molar-refractivity contribution in [2.24, 2.45) is 11.8 Å². The molecule has 7 aromatic carbocycles. The van der Waals surface area contributed by atoms with Crippen molar-refractivity contribution >= 4 is 49.0 Å². The highest BCUT2D eigenvalue weighted by atomic mass is 15.1. The lowest BCUT2D eigenvalue weighted by Gasteiger charge is -2.18. The normalized spacial score (nSPS) is 16.5. The Balaban J connectivity index is 0.00000154. The van der Waals surface area contributed by atoms with Crippen LogP contribution < -0.4 is 0 Å². The van der Waals surface area contributed by atoms with E-state index in [4.69, 9.17) is 4.98 Å². The minimum atomic E-state index is 0.663. The van der Waals surface area contributed by atoms with E-state index < -0.39 is 0 Å². The summed E-state index contributed by atoms with van der Waals surface area (Å²) in [4.78, 5) is 5.15. The lowest BCUT2D eigenvalue weighted by atomic mass is 9.85. The molecule has 2 aliphatic rings. The van der Waals surface area contributed by atoms with Gasteiger partial charge in [0.25, 0.3) is 0 Å². The third-order valence-corrected chi connectivity index (χ3v) is 10.0. The van der Waals surface area contributed by atoms with Crippen molar-refractivity contribution in [1.29, 1.82) is 0 Å². The standard InChI is InChI=1S/C44H30N2.C2H6/c1-2-10-31-25-33(22-17-28(31)9-1)43-38-13-5-3-11-36(38)42(37-12-4-6-14-39(37)43)29-18-20-30(21-19-29)44-45-40-15-7-8-16-41(40)46(44)35-24-23-32-26-34(32)27-35;1-2/h1-25,27,32,34H,26H2;1-2H3. The van der Waals surface area contributed by atoms with Crippen LogP contribution in [-0.4, -0.2) is 9.55 Å². The molecule has 1 saturated carbocycles. The molecule has 0 aliphatic heterocycles. The fraction of sp³-hybridized carbons (Fsp3) is 0.109. The molecule has 2 aliphatic carbocycles. The van der Waals surface area contributed by atoms with Crippen LogP contribution >= 0.6 is 0 Å². The van der Waals surface area contributed by atoms with E-state index in [0.29, 0.717) is 5.92 Å². The molecule has 0 saturated heterocycles. The number of fused-ring (bicyclic) bond motifs is 5. The van der Waals surface area contributed by atoms with Gasteiger partial charge < -0.3 is 0 Å². The van der Waals surface area contributed by atoms with Crippen molar-refractivity contribution in [1.82, 2.24) is 9.55 Å². The Morgan fingerprint density at radius 3 is 1.79 bits per heavy atom. The number of imidazole rings is 1. The summed E-state index contributed by atoms with van der Waals surface area (Å²) >= 11 is 0. The second-order valence-electron chi connectivity index (χ2n) is 12.8. The number of rotatable bonds is 4. The smallest absolute Gasteiger partial charge is 0.145 e. The maximum atomic E-state index is 5.15. The number of hydrogen-bond donors (Lipinski definition) is 0. The van der Waals surface area contributed by atoms with E-state index in [1.165, 1.54) is 66.7 Å². The van der Waals surface area contributed by atoms with Crippen LogP contribution in [0.3, 0.4) is 0 Å². The minimum Gasteiger partial charge on any atom is -0.293 e. The van der Waals surface area contributed by atoms with Crippen molar-refractivity contribution < 1.29 is 0 Å². The fourth-order valence-corrected chi connectivity index (χ4v) is 7.66. The SMILES string of the molecule is C1=CC2CC2C=C1n1c(-c2ccc(-c3c4ccccc4c(-c4ccc5ccccc5c4)c4ccccc34)cc2)nc2ccccc21.CC. The first-order valence-corrected chi connectivity index (χ1v) is 17.2. The molecule has 1 fully saturated rings. The molecule has 2 heteroatoms. The molecule has 2 nitrogen and oxygen atoms in total. The van der Waals surface area contributed by atoms with Crippen molar-refractivity contribution in [3.63, 3.8) is 0 Å². The second kappa shape index (κ2) is 11.5. The Morgan fingerprint density at radius 2 is 1.10 bits per heavy atom. The number of para-hydroxylation sites is 2. The zero-order valence-corrected chi connectivity index (χ0v) is 27.3. The topological polar surface area (TPSA) is 17.8 Å². The van der Waals surface area contributed by atoms with Gasteiger partial charge in [-0.3, -0.25) is 4.57 Å². The van der Waals surface area contributed by atoms with Crippen LogP contribution in [-0.2, 0) is 0 Å². The van der Waals surface area contributed by atoms with Crippen LogP contribution in [0.5, 0.6) is 0 Å². The molecule has 0 spiro atoms. The zero-order valence-electron chi connectivity index (χ0n) is 27.3. The van der Waals surface area contributed by atoms with E-state index in [9.17, 15) is 0 Å². The number of benzene rings is 7. The van der Waals surface area contributed by atoms with Crippen molar-refractivity contribution in [3.8, 4) is 33.6 Å². The second-order valence-corrected chi connectivity index (χ2v) is 12.8. The maximum Gasteiger partial charge on any atom is 0.145 e. The first kappa shape index (κ1) is 28.5. The monoisotopic (exact) mass is 616 g/mol. The number of allylic oxidation sites excluding steroid dienone is 4. The molecule has 0 bridgehead atoms. The lowest BCUT2D eigenvalue weighted by Crippen LogP contribution is -2.01. The van der Waals surface area contributed by atoms with Gasteiger partial charge in [0.15, 0.2) is 0 Å². The minimum absolute atomic E-state index is 0.663. The largest absolute Gasteiger partial charge is 0.293 e. The Kier molecular flexibility index (Phi) is 6.83. The van der Waals surface area contributed by atoms with Gasteiger partial charge in [0.1, 0.15) is 5.82 Å². The van der Waals surface area contributed by atoms with E-state index in [1.807, 2.05) is 13.8 Å². The predicted molar refractivity (Wildman–Crippen MR) is 205 cm³/mol. The van der Waals surface area contributed by atoms with Gasteiger partial charge in [0, 0.05) is 11.3 Å². The number of nitrogens with zero attached hydrogens (tertiary/aromatic N) is 2. The molecule has 1 aromatic heterocycles.